The van der Waals surface area contributed by atoms with Crippen molar-refractivity contribution in [3.8, 4) is 0 Å². The Bertz CT molecular complexity index is 1750. The fourth-order valence-electron chi connectivity index (χ4n) is 5.33. The Labute approximate surface area is 222 Å². The number of allylic oxidation sites excluding steroid dienone is 6. The Hall–Kier alpha value is -4.44. The molecule has 38 heavy (non-hydrogen) atoms. The zero-order chi connectivity index (χ0) is 26.6. The molecule has 0 spiro atoms. The second-order valence-electron chi connectivity index (χ2n) is 10.8. The highest BCUT2D eigenvalue weighted by molar-refractivity contribution is 6.40. The zero-order valence-corrected chi connectivity index (χ0v) is 22.0. The standard InChI is InChI=1S/C34H29NO3/c1-5-35-28-13-9-8-10-24(28)27-18-21(15-17-29(27)35)14-16-23-19-22(20-30(38-23)34(2,3)4)31-32(36)25-11-6-7-12-26(25)33(31)37/h6-20H,5H2,1-4H3. The summed E-state index contributed by atoms with van der Waals surface area (Å²) in [5.41, 5.74) is 4.89. The molecule has 4 nitrogen and oxygen atoms in total. The van der Waals surface area contributed by atoms with E-state index in [-0.39, 0.29) is 22.6 Å². The first-order valence-electron chi connectivity index (χ1n) is 13.0. The number of para-hydroxylation sites is 1. The number of Topliss-reactive ketones (excluding diaryl/α,β-unsaturated/α-hetero) is 2. The van der Waals surface area contributed by atoms with Gasteiger partial charge < -0.3 is 9.30 Å². The second-order valence-corrected chi connectivity index (χ2v) is 10.8. The highest BCUT2D eigenvalue weighted by atomic mass is 16.5. The molecule has 2 aliphatic rings. The minimum absolute atomic E-state index is 0.205. The molecule has 0 saturated carbocycles. The maximum absolute atomic E-state index is 13.2. The monoisotopic (exact) mass is 499 g/mol. The molecular weight excluding hydrogens is 470 g/mol. The first kappa shape index (κ1) is 23.9. The van der Waals surface area contributed by atoms with E-state index in [4.69, 9.17) is 4.74 Å². The van der Waals surface area contributed by atoms with E-state index in [1.54, 1.807) is 30.3 Å². The number of rotatable bonds is 3. The Morgan fingerprint density at radius 1 is 0.789 bits per heavy atom. The molecule has 0 unspecified atom stereocenters. The van der Waals surface area contributed by atoms with E-state index in [0.29, 0.717) is 28.2 Å². The maximum Gasteiger partial charge on any atom is 0.198 e. The fraction of sp³-hybridized carbons (Fsp3) is 0.176. The third kappa shape index (κ3) is 3.84. The van der Waals surface area contributed by atoms with Crippen molar-refractivity contribution >= 4 is 39.4 Å². The number of carbonyl (C=O) groups is 2. The highest BCUT2D eigenvalue weighted by Gasteiger charge is 2.36. The summed E-state index contributed by atoms with van der Waals surface area (Å²) in [7, 11) is 0. The largest absolute Gasteiger partial charge is 0.461 e. The molecule has 2 heterocycles. The second kappa shape index (κ2) is 8.84. The van der Waals surface area contributed by atoms with Crippen LogP contribution in [-0.2, 0) is 11.3 Å². The number of ketones is 2. The van der Waals surface area contributed by atoms with Crippen LogP contribution in [0.5, 0.6) is 0 Å². The zero-order valence-electron chi connectivity index (χ0n) is 22.0. The number of aromatic nitrogens is 1. The molecule has 1 aromatic heterocycles. The van der Waals surface area contributed by atoms with Crippen molar-refractivity contribution in [2.45, 2.75) is 34.2 Å². The van der Waals surface area contributed by atoms with Crippen LogP contribution in [0.1, 0.15) is 54.0 Å². The first-order valence-corrected chi connectivity index (χ1v) is 13.0. The third-order valence-electron chi connectivity index (χ3n) is 7.26. The lowest BCUT2D eigenvalue weighted by Gasteiger charge is -2.27. The summed E-state index contributed by atoms with van der Waals surface area (Å²) in [5.74, 6) is 0.835. The lowest BCUT2D eigenvalue weighted by Crippen LogP contribution is -2.16. The number of nitrogens with zero attached hydrogens (tertiary/aromatic N) is 1. The van der Waals surface area contributed by atoms with E-state index in [1.165, 1.54) is 21.8 Å². The van der Waals surface area contributed by atoms with Gasteiger partial charge in [-0.05, 0) is 54.5 Å². The van der Waals surface area contributed by atoms with E-state index in [9.17, 15) is 9.59 Å². The summed E-state index contributed by atoms with van der Waals surface area (Å²) >= 11 is 0. The van der Waals surface area contributed by atoms with E-state index in [0.717, 1.165) is 12.1 Å². The molecule has 0 bridgehead atoms. The number of fused-ring (bicyclic) bond motifs is 4. The number of hydrogen-bond donors (Lipinski definition) is 0. The van der Waals surface area contributed by atoms with Gasteiger partial charge in [-0.25, -0.2) is 0 Å². The number of hydrogen-bond acceptors (Lipinski definition) is 3. The van der Waals surface area contributed by atoms with Crippen LogP contribution >= 0.6 is 0 Å². The van der Waals surface area contributed by atoms with Gasteiger partial charge in [0, 0.05) is 44.9 Å². The van der Waals surface area contributed by atoms with E-state index < -0.39 is 0 Å². The maximum atomic E-state index is 13.2. The van der Waals surface area contributed by atoms with Crippen LogP contribution < -0.4 is 0 Å². The summed E-state index contributed by atoms with van der Waals surface area (Å²) in [4.78, 5) is 26.4. The van der Waals surface area contributed by atoms with Crippen molar-refractivity contribution in [1.29, 1.82) is 0 Å². The fourth-order valence-corrected chi connectivity index (χ4v) is 5.33. The van der Waals surface area contributed by atoms with Gasteiger partial charge in [0.05, 0.1) is 5.57 Å². The first-order chi connectivity index (χ1) is 18.3. The normalized spacial score (nSPS) is 15.9. The topological polar surface area (TPSA) is 48.3 Å². The number of aryl methyl sites for hydroxylation is 1. The van der Waals surface area contributed by atoms with Crippen LogP contribution in [0.25, 0.3) is 27.9 Å². The molecule has 0 amide bonds. The molecule has 1 aliphatic carbocycles. The molecule has 188 valence electrons. The van der Waals surface area contributed by atoms with Crippen LogP contribution in [-0.4, -0.2) is 16.1 Å². The Balaban J connectivity index is 1.42. The van der Waals surface area contributed by atoms with Gasteiger partial charge >= 0.3 is 0 Å². The SMILES string of the molecule is CCn1c2ccccc2c2cc(C=CC3=CC(=C4C(=O)c5ccccc5C4=O)C=C(C(C)(C)C)O3)ccc21. The highest BCUT2D eigenvalue weighted by Crippen LogP contribution is 2.37. The quantitative estimate of drug-likeness (QED) is 0.212. The summed E-state index contributed by atoms with van der Waals surface area (Å²) < 4.78 is 8.59. The van der Waals surface area contributed by atoms with Crippen LogP contribution in [0.4, 0.5) is 0 Å². The van der Waals surface area contributed by atoms with Crippen molar-refractivity contribution in [2.24, 2.45) is 5.41 Å². The molecule has 0 saturated heterocycles. The molecule has 0 N–H and O–H groups in total. The van der Waals surface area contributed by atoms with Crippen LogP contribution in [0.15, 0.2) is 108 Å². The van der Waals surface area contributed by atoms with Crippen molar-refractivity contribution < 1.29 is 14.3 Å². The van der Waals surface area contributed by atoms with Gasteiger partial charge in [-0.2, -0.15) is 0 Å². The van der Waals surface area contributed by atoms with Crippen LogP contribution in [0, 0.1) is 5.41 Å². The Kier molecular flexibility index (Phi) is 5.57. The van der Waals surface area contributed by atoms with E-state index >= 15 is 0 Å². The van der Waals surface area contributed by atoms with Gasteiger partial charge in [0.2, 0.25) is 0 Å². The molecule has 1 aliphatic heterocycles. The molecule has 6 rings (SSSR count). The number of benzene rings is 3. The van der Waals surface area contributed by atoms with Gasteiger partial charge in [-0.3, -0.25) is 9.59 Å². The van der Waals surface area contributed by atoms with Crippen molar-refractivity contribution in [2.75, 3.05) is 0 Å². The predicted octanol–water partition coefficient (Wildman–Crippen LogP) is 8.05. The summed E-state index contributed by atoms with van der Waals surface area (Å²) in [6, 6.07) is 21.9. The van der Waals surface area contributed by atoms with Crippen LogP contribution in [0.2, 0.25) is 0 Å². The van der Waals surface area contributed by atoms with Gasteiger partial charge in [0.15, 0.2) is 11.6 Å². The molecule has 3 aromatic carbocycles. The summed E-state index contributed by atoms with van der Waals surface area (Å²) in [5, 5.41) is 2.44. The van der Waals surface area contributed by atoms with E-state index in [1.807, 2.05) is 18.2 Å². The molecule has 4 aromatic rings. The van der Waals surface area contributed by atoms with Gasteiger partial charge in [0.1, 0.15) is 11.5 Å². The molecular formula is C34H29NO3. The molecule has 4 heteroatoms. The summed E-state index contributed by atoms with van der Waals surface area (Å²) in [6.45, 7) is 9.23. The smallest absolute Gasteiger partial charge is 0.198 e. The van der Waals surface area contributed by atoms with Gasteiger partial charge in [-0.15, -0.1) is 0 Å². The lowest BCUT2D eigenvalue weighted by molar-refractivity contribution is 0.0987. The third-order valence-corrected chi connectivity index (χ3v) is 7.26. The minimum atomic E-state index is -0.308. The minimum Gasteiger partial charge on any atom is -0.461 e. The van der Waals surface area contributed by atoms with Crippen molar-refractivity contribution in [1.82, 2.24) is 4.57 Å². The van der Waals surface area contributed by atoms with Gasteiger partial charge in [-0.1, -0.05) is 75.4 Å². The molecule has 0 radical (unpaired) electrons. The van der Waals surface area contributed by atoms with Crippen molar-refractivity contribution in [3.63, 3.8) is 0 Å². The number of ether oxygens (including phenoxy) is 1. The Morgan fingerprint density at radius 2 is 1.45 bits per heavy atom. The molecule has 0 atom stereocenters. The van der Waals surface area contributed by atoms with Crippen LogP contribution in [0.3, 0.4) is 0 Å². The van der Waals surface area contributed by atoms with Gasteiger partial charge in [0.25, 0.3) is 0 Å². The average Bonchev–Trinajstić information content (AvgIpc) is 3.37. The average molecular weight is 500 g/mol. The predicted molar refractivity (Wildman–Crippen MR) is 153 cm³/mol. The van der Waals surface area contributed by atoms with E-state index in [2.05, 4.69) is 74.7 Å². The van der Waals surface area contributed by atoms with Crippen molar-refractivity contribution in [3.05, 3.63) is 124 Å². The number of carbonyl (C=O) groups excluding carboxylic acids is 2. The summed E-state index contributed by atoms with van der Waals surface area (Å²) in [6.07, 6.45) is 7.56. The molecule has 0 fully saturated rings. The lowest BCUT2D eigenvalue weighted by atomic mass is 9.89. The Morgan fingerprint density at radius 3 is 2.13 bits per heavy atom.